The van der Waals surface area contributed by atoms with Crippen LogP contribution in [0, 0.1) is 12.7 Å². The van der Waals surface area contributed by atoms with Crippen LogP contribution < -0.4 is 10.5 Å². The number of carboxylic acid groups (broad SMARTS) is 1. The van der Waals surface area contributed by atoms with Gasteiger partial charge in [-0.05, 0) is 48.9 Å². The van der Waals surface area contributed by atoms with Gasteiger partial charge in [-0.3, -0.25) is 0 Å². The molecular weight excluding hydrogens is 249 g/mol. The fraction of sp³-hybridized carbons (Fsp3) is 0.0714. The van der Waals surface area contributed by atoms with Crippen LogP contribution in [-0.2, 0) is 0 Å². The highest BCUT2D eigenvalue weighted by Gasteiger charge is 2.12. The number of anilines is 1. The van der Waals surface area contributed by atoms with Crippen molar-refractivity contribution in [2.24, 2.45) is 0 Å². The van der Waals surface area contributed by atoms with E-state index in [0.717, 1.165) is 0 Å². The van der Waals surface area contributed by atoms with E-state index in [4.69, 9.17) is 15.6 Å². The number of carbonyl (C=O) groups is 1. The van der Waals surface area contributed by atoms with Crippen LogP contribution in [-0.4, -0.2) is 11.1 Å². The van der Waals surface area contributed by atoms with Gasteiger partial charge in [-0.2, -0.15) is 0 Å². The predicted molar refractivity (Wildman–Crippen MR) is 69.0 cm³/mol. The Labute approximate surface area is 109 Å². The molecule has 4 nitrogen and oxygen atoms in total. The number of halogens is 1. The third-order valence-electron chi connectivity index (χ3n) is 2.64. The highest BCUT2D eigenvalue weighted by molar-refractivity contribution is 5.95. The fourth-order valence-electron chi connectivity index (χ4n) is 1.64. The van der Waals surface area contributed by atoms with E-state index in [-0.39, 0.29) is 17.1 Å². The van der Waals surface area contributed by atoms with Gasteiger partial charge in [-0.25, -0.2) is 9.18 Å². The predicted octanol–water partition coefficient (Wildman–Crippen LogP) is 3.21. The van der Waals surface area contributed by atoms with Gasteiger partial charge in [0.1, 0.15) is 17.3 Å². The summed E-state index contributed by atoms with van der Waals surface area (Å²) in [5, 5.41) is 9.03. The first-order valence-electron chi connectivity index (χ1n) is 5.54. The molecule has 2 aromatic rings. The number of rotatable bonds is 3. The molecule has 19 heavy (non-hydrogen) atoms. The molecule has 0 heterocycles. The van der Waals surface area contributed by atoms with Gasteiger partial charge in [0.05, 0.1) is 5.56 Å². The molecule has 0 fully saturated rings. The second kappa shape index (κ2) is 4.97. The molecular formula is C14H12FNO3. The molecule has 0 saturated carbocycles. The van der Waals surface area contributed by atoms with Crippen molar-refractivity contribution in [2.45, 2.75) is 6.92 Å². The minimum atomic E-state index is -1.12. The van der Waals surface area contributed by atoms with Crippen molar-refractivity contribution in [3.05, 3.63) is 53.3 Å². The first kappa shape index (κ1) is 12.9. The van der Waals surface area contributed by atoms with Crippen molar-refractivity contribution in [1.82, 2.24) is 0 Å². The first-order valence-corrected chi connectivity index (χ1v) is 5.54. The summed E-state index contributed by atoms with van der Waals surface area (Å²) in [6.07, 6.45) is 0. The molecule has 5 heteroatoms. The molecule has 98 valence electrons. The quantitative estimate of drug-likeness (QED) is 0.832. The average molecular weight is 261 g/mol. The van der Waals surface area contributed by atoms with Crippen LogP contribution in [0.1, 0.15) is 15.9 Å². The number of aromatic carboxylic acids is 1. The van der Waals surface area contributed by atoms with Crippen molar-refractivity contribution in [2.75, 3.05) is 5.73 Å². The number of nitrogens with two attached hydrogens (primary N) is 1. The minimum absolute atomic E-state index is 0.0166. The van der Waals surface area contributed by atoms with Crippen LogP contribution in [0.2, 0.25) is 0 Å². The summed E-state index contributed by atoms with van der Waals surface area (Å²) in [6.45, 7) is 1.69. The van der Waals surface area contributed by atoms with Crippen LogP contribution >= 0.6 is 0 Å². The number of nitrogen functional groups attached to an aromatic ring is 1. The van der Waals surface area contributed by atoms with Crippen molar-refractivity contribution >= 4 is 11.7 Å². The van der Waals surface area contributed by atoms with Crippen molar-refractivity contribution in [3.63, 3.8) is 0 Å². The first-order chi connectivity index (χ1) is 8.97. The smallest absolute Gasteiger partial charge is 0.337 e. The van der Waals surface area contributed by atoms with Crippen LogP contribution in [0.3, 0.4) is 0 Å². The lowest BCUT2D eigenvalue weighted by Crippen LogP contribution is -2.04. The Morgan fingerprint density at radius 1 is 1.21 bits per heavy atom. The summed E-state index contributed by atoms with van der Waals surface area (Å²) < 4.78 is 18.2. The SMILES string of the molecule is Cc1cc(Oc2ccc(F)cc2)cc(C(=O)O)c1N. The highest BCUT2D eigenvalue weighted by atomic mass is 19.1. The molecule has 0 aliphatic carbocycles. The lowest BCUT2D eigenvalue weighted by atomic mass is 10.1. The van der Waals surface area contributed by atoms with E-state index >= 15 is 0 Å². The van der Waals surface area contributed by atoms with Crippen molar-refractivity contribution < 1.29 is 19.0 Å². The molecule has 0 saturated heterocycles. The van der Waals surface area contributed by atoms with Gasteiger partial charge in [-0.1, -0.05) is 0 Å². The maximum atomic E-state index is 12.8. The Morgan fingerprint density at radius 3 is 2.42 bits per heavy atom. The molecule has 2 aromatic carbocycles. The Hall–Kier alpha value is -2.56. The molecule has 0 radical (unpaired) electrons. The van der Waals surface area contributed by atoms with E-state index in [9.17, 15) is 9.18 Å². The summed E-state index contributed by atoms with van der Waals surface area (Å²) >= 11 is 0. The Bertz CT molecular complexity index is 623. The lowest BCUT2D eigenvalue weighted by molar-refractivity contribution is 0.0697. The van der Waals surface area contributed by atoms with E-state index in [0.29, 0.717) is 17.1 Å². The third-order valence-corrected chi connectivity index (χ3v) is 2.64. The van der Waals surface area contributed by atoms with E-state index in [1.165, 1.54) is 30.3 Å². The molecule has 0 bridgehead atoms. The molecule has 0 aliphatic heterocycles. The molecule has 2 rings (SSSR count). The molecule has 0 aromatic heterocycles. The van der Waals surface area contributed by atoms with E-state index in [1.54, 1.807) is 13.0 Å². The average Bonchev–Trinajstić information content (AvgIpc) is 2.36. The number of carboxylic acids is 1. The monoisotopic (exact) mass is 261 g/mol. The van der Waals surface area contributed by atoms with Crippen LogP contribution in [0.25, 0.3) is 0 Å². The summed E-state index contributed by atoms with van der Waals surface area (Å²) in [5.74, 6) is -0.727. The summed E-state index contributed by atoms with van der Waals surface area (Å²) in [7, 11) is 0. The van der Waals surface area contributed by atoms with Crippen LogP contribution in [0.4, 0.5) is 10.1 Å². The van der Waals surface area contributed by atoms with E-state index < -0.39 is 5.97 Å². The van der Waals surface area contributed by atoms with Gasteiger partial charge >= 0.3 is 5.97 Å². The molecule has 0 amide bonds. The minimum Gasteiger partial charge on any atom is -0.478 e. The van der Waals surface area contributed by atoms with Crippen LogP contribution in [0.15, 0.2) is 36.4 Å². The van der Waals surface area contributed by atoms with Gasteiger partial charge in [0.25, 0.3) is 0 Å². The largest absolute Gasteiger partial charge is 0.478 e. The second-order valence-electron chi connectivity index (χ2n) is 4.06. The normalized spacial score (nSPS) is 10.2. The van der Waals surface area contributed by atoms with E-state index in [2.05, 4.69) is 0 Å². The topological polar surface area (TPSA) is 72.5 Å². The molecule has 3 N–H and O–H groups in total. The molecule has 0 unspecified atom stereocenters. The summed E-state index contributed by atoms with van der Waals surface area (Å²) in [5.41, 5.74) is 6.48. The summed E-state index contributed by atoms with van der Waals surface area (Å²) in [4.78, 5) is 11.0. The van der Waals surface area contributed by atoms with Gasteiger partial charge in [0.15, 0.2) is 0 Å². The molecule has 0 aliphatic rings. The maximum absolute atomic E-state index is 12.8. The standard InChI is InChI=1S/C14H12FNO3/c1-8-6-11(7-12(13(8)16)14(17)18)19-10-4-2-9(15)3-5-10/h2-7H,16H2,1H3,(H,17,18). The number of hydrogen-bond acceptors (Lipinski definition) is 3. The van der Waals surface area contributed by atoms with Gasteiger partial charge < -0.3 is 15.6 Å². The van der Waals surface area contributed by atoms with Gasteiger partial charge in [0, 0.05) is 5.69 Å². The fourth-order valence-corrected chi connectivity index (χ4v) is 1.64. The number of ether oxygens (including phenoxy) is 1. The highest BCUT2D eigenvalue weighted by Crippen LogP contribution is 2.28. The van der Waals surface area contributed by atoms with Crippen molar-refractivity contribution in [3.8, 4) is 11.5 Å². The second-order valence-corrected chi connectivity index (χ2v) is 4.06. The summed E-state index contributed by atoms with van der Waals surface area (Å²) in [6, 6.07) is 8.41. The lowest BCUT2D eigenvalue weighted by Gasteiger charge is -2.10. The van der Waals surface area contributed by atoms with Crippen molar-refractivity contribution in [1.29, 1.82) is 0 Å². The Kier molecular flexibility index (Phi) is 3.37. The zero-order chi connectivity index (χ0) is 14.0. The molecule has 0 spiro atoms. The number of hydrogen-bond donors (Lipinski definition) is 2. The molecule has 0 atom stereocenters. The Balaban J connectivity index is 2.35. The van der Waals surface area contributed by atoms with Gasteiger partial charge in [-0.15, -0.1) is 0 Å². The third kappa shape index (κ3) is 2.82. The van der Waals surface area contributed by atoms with E-state index in [1.807, 2.05) is 0 Å². The maximum Gasteiger partial charge on any atom is 0.337 e. The number of benzene rings is 2. The number of aryl methyl sites for hydroxylation is 1. The van der Waals surface area contributed by atoms with Gasteiger partial charge in [0.2, 0.25) is 0 Å². The zero-order valence-electron chi connectivity index (χ0n) is 10.2. The Morgan fingerprint density at radius 2 is 1.84 bits per heavy atom. The van der Waals surface area contributed by atoms with Crippen LogP contribution in [0.5, 0.6) is 11.5 Å². The zero-order valence-corrected chi connectivity index (χ0v) is 10.2.